The first-order valence-corrected chi connectivity index (χ1v) is 9.01. The van der Waals surface area contributed by atoms with E-state index in [1.54, 1.807) is 6.20 Å². The quantitative estimate of drug-likeness (QED) is 0.806. The number of nitrogens with zero attached hydrogens (tertiary/aromatic N) is 2. The third kappa shape index (κ3) is 4.22. The third-order valence-corrected chi connectivity index (χ3v) is 4.84. The zero-order valence-corrected chi connectivity index (χ0v) is 14.5. The number of likely N-dealkylation sites (tertiary alicyclic amines) is 1. The maximum atomic E-state index is 12.6. The number of hydrogen-bond donors (Lipinski definition) is 0. The van der Waals surface area contributed by atoms with Crippen molar-refractivity contribution in [3.05, 3.63) is 52.0 Å². The number of piperidine rings is 1. The minimum atomic E-state index is 0.0511. The van der Waals surface area contributed by atoms with Crippen LogP contribution in [0.3, 0.4) is 0 Å². The molecule has 1 aromatic heterocycles. The van der Waals surface area contributed by atoms with E-state index in [1.165, 1.54) is 11.3 Å². The summed E-state index contributed by atoms with van der Waals surface area (Å²) in [5.74, 6) is 6.15. The smallest absolute Gasteiger partial charge is 0.265 e. The lowest BCUT2D eigenvalue weighted by Crippen LogP contribution is -2.40. The summed E-state index contributed by atoms with van der Waals surface area (Å²) in [7, 11) is 0. The second-order valence-corrected chi connectivity index (χ2v) is 6.62. The van der Waals surface area contributed by atoms with Crippen LogP contribution in [0.2, 0.25) is 0 Å². The zero-order chi connectivity index (χ0) is 16.8. The molecule has 0 spiro atoms. The molecule has 2 heterocycles. The van der Waals surface area contributed by atoms with E-state index in [1.807, 2.05) is 42.2 Å². The molecule has 3 rings (SSSR count). The fourth-order valence-corrected chi connectivity index (χ4v) is 3.43. The Morgan fingerprint density at radius 1 is 1.29 bits per heavy atom. The second kappa shape index (κ2) is 8.09. The summed E-state index contributed by atoms with van der Waals surface area (Å²) in [5.41, 5.74) is 0.943. The first kappa shape index (κ1) is 16.7. The van der Waals surface area contributed by atoms with Crippen molar-refractivity contribution in [1.82, 2.24) is 9.88 Å². The van der Waals surface area contributed by atoms with Crippen molar-refractivity contribution in [3.8, 4) is 11.8 Å². The normalized spacial score (nSPS) is 15.0. The van der Waals surface area contributed by atoms with Crippen molar-refractivity contribution in [2.24, 2.45) is 0 Å². The molecule has 124 valence electrons. The van der Waals surface area contributed by atoms with Gasteiger partial charge in [0.1, 0.15) is 4.88 Å². The van der Waals surface area contributed by atoms with Crippen LogP contribution in [0.4, 0.5) is 0 Å². The van der Waals surface area contributed by atoms with Crippen molar-refractivity contribution in [2.45, 2.75) is 25.9 Å². The number of ether oxygens (including phenoxy) is 1. The number of aromatic nitrogens is 1. The van der Waals surface area contributed by atoms with Gasteiger partial charge in [-0.15, -0.1) is 11.3 Å². The number of carbonyl (C=O) groups excluding carboxylic acids is 1. The van der Waals surface area contributed by atoms with Gasteiger partial charge in [-0.25, -0.2) is 4.98 Å². The second-order valence-electron chi connectivity index (χ2n) is 5.59. The van der Waals surface area contributed by atoms with Gasteiger partial charge in [0, 0.05) is 25.3 Å². The summed E-state index contributed by atoms with van der Waals surface area (Å²) in [4.78, 5) is 19.4. The van der Waals surface area contributed by atoms with Crippen LogP contribution in [0, 0.1) is 11.8 Å². The van der Waals surface area contributed by atoms with E-state index in [0.717, 1.165) is 38.1 Å². The lowest BCUT2D eigenvalue weighted by Gasteiger charge is -2.31. The first-order valence-electron chi connectivity index (χ1n) is 8.20. The van der Waals surface area contributed by atoms with Gasteiger partial charge in [0.15, 0.2) is 5.01 Å². The van der Waals surface area contributed by atoms with E-state index in [2.05, 4.69) is 16.8 Å². The van der Waals surface area contributed by atoms with E-state index in [0.29, 0.717) is 9.88 Å². The first-order chi connectivity index (χ1) is 11.8. The van der Waals surface area contributed by atoms with Gasteiger partial charge in [-0.1, -0.05) is 24.1 Å². The molecule has 1 aliphatic rings. The highest BCUT2D eigenvalue weighted by molar-refractivity contribution is 7.14. The number of carbonyl (C=O) groups is 1. The van der Waals surface area contributed by atoms with Crippen LogP contribution in [-0.2, 0) is 4.74 Å². The number of thiazole rings is 1. The van der Waals surface area contributed by atoms with Crippen LogP contribution in [0.1, 0.15) is 40.0 Å². The van der Waals surface area contributed by atoms with Crippen LogP contribution in [0.5, 0.6) is 0 Å². The maximum absolute atomic E-state index is 12.6. The highest BCUT2D eigenvalue weighted by Crippen LogP contribution is 2.19. The molecule has 24 heavy (non-hydrogen) atoms. The van der Waals surface area contributed by atoms with Crippen molar-refractivity contribution in [3.63, 3.8) is 0 Å². The molecule has 1 amide bonds. The summed E-state index contributed by atoms with van der Waals surface area (Å²) in [6, 6.07) is 9.77. The Bertz CT molecular complexity index is 737. The number of amides is 1. The monoisotopic (exact) mass is 340 g/mol. The molecular formula is C19H20N2O2S. The molecular weight excluding hydrogens is 320 g/mol. The lowest BCUT2D eigenvalue weighted by atomic mass is 10.1. The molecule has 0 radical (unpaired) electrons. The van der Waals surface area contributed by atoms with E-state index >= 15 is 0 Å². The average Bonchev–Trinajstić information content (AvgIpc) is 3.10. The van der Waals surface area contributed by atoms with Crippen LogP contribution in [0.25, 0.3) is 0 Å². The molecule has 0 atom stereocenters. The molecule has 1 aromatic carbocycles. The molecule has 0 saturated carbocycles. The van der Waals surface area contributed by atoms with Gasteiger partial charge in [0.2, 0.25) is 0 Å². The van der Waals surface area contributed by atoms with Gasteiger partial charge < -0.3 is 9.64 Å². The standard InChI is InChI=1S/C19H20N2O2S/c1-2-23-16-10-12-21(13-11-16)19(22)17-14-20-18(24-17)9-8-15-6-4-3-5-7-15/h3-7,14,16H,2,10-13H2,1H3. The molecule has 4 nitrogen and oxygen atoms in total. The summed E-state index contributed by atoms with van der Waals surface area (Å²) >= 11 is 1.36. The molecule has 1 saturated heterocycles. The van der Waals surface area contributed by atoms with E-state index in [9.17, 15) is 4.79 Å². The van der Waals surface area contributed by atoms with Crippen LogP contribution < -0.4 is 0 Å². The van der Waals surface area contributed by atoms with Crippen molar-refractivity contribution in [2.75, 3.05) is 19.7 Å². The summed E-state index contributed by atoms with van der Waals surface area (Å²) in [5, 5.41) is 0.673. The number of hydrogen-bond acceptors (Lipinski definition) is 4. The minimum Gasteiger partial charge on any atom is -0.378 e. The van der Waals surface area contributed by atoms with Gasteiger partial charge >= 0.3 is 0 Å². The fourth-order valence-electron chi connectivity index (χ4n) is 2.69. The van der Waals surface area contributed by atoms with Gasteiger partial charge in [-0.3, -0.25) is 4.79 Å². The average molecular weight is 340 g/mol. The molecule has 0 N–H and O–H groups in total. The molecule has 1 aliphatic heterocycles. The van der Waals surface area contributed by atoms with E-state index in [-0.39, 0.29) is 12.0 Å². The Kier molecular flexibility index (Phi) is 5.63. The summed E-state index contributed by atoms with van der Waals surface area (Å²) < 4.78 is 5.63. The number of rotatable bonds is 3. The van der Waals surface area contributed by atoms with Crippen molar-refractivity contribution >= 4 is 17.2 Å². The largest absolute Gasteiger partial charge is 0.378 e. The Balaban J connectivity index is 1.61. The zero-order valence-electron chi connectivity index (χ0n) is 13.7. The van der Waals surface area contributed by atoms with Gasteiger partial charge in [0.05, 0.1) is 12.3 Å². The van der Waals surface area contributed by atoms with Gasteiger partial charge in [0.25, 0.3) is 5.91 Å². The minimum absolute atomic E-state index is 0.0511. The highest BCUT2D eigenvalue weighted by Gasteiger charge is 2.24. The van der Waals surface area contributed by atoms with Crippen LogP contribution >= 0.6 is 11.3 Å². The van der Waals surface area contributed by atoms with Gasteiger partial charge in [-0.05, 0) is 37.8 Å². The highest BCUT2D eigenvalue weighted by atomic mass is 32.1. The fraction of sp³-hybridized carbons (Fsp3) is 0.368. The Hall–Kier alpha value is -2.16. The summed E-state index contributed by atoms with van der Waals surface area (Å²) in [6.45, 7) is 4.22. The van der Waals surface area contributed by atoms with Crippen LogP contribution in [0.15, 0.2) is 36.5 Å². The third-order valence-electron chi connectivity index (χ3n) is 3.94. The Labute approximate surface area is 146 Å². The molecule has 0 unspecified atom stereocenters. The topological polar surface area (TPSA) is 42.4 Å². The van der Waals surface area contributed by atoms with Crippen LogP contribution in [-0.4, -0.2) is 41.6 Å². The van der Waals surface area contributed by atoms with Gasteiger partial charge in [-0.2, -0.15) is 0 Å². The lowest BCUT2D eigenvalue weighted by molar-refractivity contribution is 0.0147. The Morgan fingerprint density at radius 3 is 2.75 bits per heavy atom. The molecule has 5 heteroatoms. The van der Waals surface area contributed by atoms with Crippen molar-refractivity contribution in [1.29, 1.82) is 0 Å². The van der Waals surface area contributed by atoms with Crippen molar-refractivity contribution < 1.29 is 9.53 Å². The SMILES string of the molecule is CCOC1CCN(C(=O)c2cnc(C#Cc3ccccc3)s2)CC1. The Morgan fingerprint density at radius 2 is 2.04 bits per heavy atom. The molecule has 2 aromatic rings. The summed E-state index contributed by atoms with van der Waals surface area (Å²) in [6.07, 6.45) is 3.72. The van der Waals surface area contributed by atoms with E-state index < -0.39 is 0 Å². The molecule has 1 fully saturated rings. The molecule has 0 bridgehead atoms. The maximum Gasteiger partial charge on any atom is 0.265 e. The molecule has 0 aliphatic carbocycles. The predicted octanol–water partition coefficient (Wildman–Crippen LogP) is 3.18. The number of benzene rings is 1. The predicted molar refractivity (Wildman–Crippen MR) is 95.1 cm³/mol. The van der Waals surface area contributed by atoms with E-state index in [4.69, 9.17) is 4.74 Å².